The number of benzene rings is 1. The van der Waals surface area contributed by atoms with E-state index in [2.05, 4.69) is 22.5 Å². The molecule has 1 N–H and O–H groups in total. The Bertz CT molecular complexity index is 489. The van der Waals surface area contributed by atoms with Gasteiger partial charge in [0.25, 0.3) is 0 Å². The first-order chi connectivity index (χ1) is 8.90. The van der Waals surface area contributed by atoms with Gasteiger partial charge in [0.1, 0.15) is 6.10 Å². The van der Waals surface area contributed by atoms with Crippen LogP contribution in [0.5, 0.6) is 5.75 Å². The van der Waals surface area contributed by atoms with E-state index < -0.39 is 0 Å². The standard InChI is InChI=1S/C14H17N3O/c1-2-4-12(5-3-1)10-17-11-14(9-16-17)18-13-6-7-15-8-13/h1-5,9,11,13,15H,6-8,10H2. The van der Waals surface area contributed by atoms with E-state index >= 15 is 0 Å². The van der Waals surface area contributed by atoms with Crippen molar-refractivity contribution >= 4 is 0 Å². The topological polar surface area (TPSA) is 39.1 Å². The zero-order chi connectivity index (χ0) is 12.2. The maximum atomic E-state index is 5.85. The Hall–Kier alpha value is -1.81. The van der Waals surface area contributed by atoms with E-state index in [9.17, 15) is 0 Å². The van der Waals surface area contributed by atoms with Crippen molar-refractivity contribution in [3.05, 3.63) is 48.3 Å². The van der Waals surface area contributed by atoms with Gasteiger partial charge in [-0.1, -0.05) is 30.3 Å². The Balaban J connectivity index is 1.62. The number of nitrogens with one attached hydrogen (secondary N) is 1. The average Bonchev–Trinajstić information content (AvgIpc) is 3.03. The minimum atomic E-state index is 0.291. The van der Waals surface area contributed by atoms with E-state index in [0.717, 1.165) is 31.8 Å². The van der Waals surface area contributed by atoms with E-state index in [0.29, 0.717) is 6.10 Å². The summed E-state index contributed by atoms with van der Waals surface area (Å²) in [7, 11) is 0. The predicted octanol–water partition coefficient (Wildman–Crippen LogP) is 1.67. The molecule has 1 saturated heterocycles. The molecule has 1 fully saturated rings. The van der Waals surface area contributed by atoms with Crippen LogP contribution in [-0.4, -0.2) is 29.0 Å². The number of aromatic nitrogens is 2. The molecule has 1 aliphatic heterocycles. The summed E-state index contributed by atoms with van der Waals surface area (Å²) in [6.45, 7) is 2.76. The highest BCUT2D eigenvalue weighted by Crippen LogP contribution is 2.14. The van der Waals surface area contributed by atoms with Gasteiger partial charge in [0, 0.05) is 6.54 Å². The van der Waals surface area contributed by atoms with E-state index in [-0.39, 0.29) is 0 Å². The normalized spacial score (nSPS) is 19.0. The third-order valence-corrected chi connectivity index (χ3v) is 3.11. The molecule has 4 heteroatoms. The summed E-state index contributed by atoms with van der Waals surface area (Å²) >= 11 is 0. The maximum Gasteiger partial charge on any atom is 0.157 e. The largest absolute Gasteiger partial charge is 0.486 e. The predicted molar refractivity (Wildman–Crippen MR) is 69.7 cm³/mol. The molecule has 0 bridgehead atoms. The molecule has 4 nitrogen and oxygen atoms in total. The van der Waals surface area contributed by atoms with E-state index in [1.807, 2.05) is 29.1 Å². The minimum Gasteiger partial charge on any atom is -0.486 e. The van der Waals surface area contributed by atoms with Crippen LogP contribution in [0.25, 0.3) is 0 Å². The molecule has 0 saturated carbocycles. The van der Waals surface area contributed by atoms with Crippen LogP contribution in [0.15, 0.2) is 42.7 Å². The molecule has 0 amide bonds. The van der Waals surface area contributed by atoms with Crippen LogP contribution in [-0.2, 0) is 6.54 Å². The molecule has 0 radical (unpaired) electrons. The molecule has 1 aromatic carbocycles. The quantitative estimate of drug-likeness (QED) is 0.888. The summed E-state index contributed by atoms with van der Waals surface area (Å²) in [4.78, 5) is 0. The molecule has 0 aliphatic carbocycles. The van der Waals surface area contributed by atoms with Gasteiger partial charge in [-0.2, -0.15) is 5.10 Å². The Morgan fingerprint density at radius 2 is 2.22 bits per heavy atom. The Labute approximate surface area is 107 Å². The van der Waals surface area contributed by atoms with Crippen LogP contribution in [0.2, 0.25) is 0 Å². The second-order valence-corrected chi connectivity index (χ2v) is 4.59. The molecule has 2 heterocycles. The van der Waals surface area contributed by atoms with Crippen LogP contribution in [0.4, 0.5) is 0 Å². The van der Waals surface area contributed by atoms with Crippen molar-refractivity contribution in [2.45, 2.75) is 19.1 Å². The first kappa shape index (κ1) is 11.3. The lowest BCUT2D eigenvalue weighted by molar-refractivity contribution is 0.223. The minimum absolute atomic E-state index is 0.291. The van der Waals surface area contributed by atoms with Gasteiger partial charge < -0.3 is 10.1 Å². The molecule has 18 heavy (non-hydrogen) atoms. The molecule has 1 unspecified atom stereocenters. The Kier molecular flexibility index (Phi) is 3.28. The van der Waals surface area contributed by atoms with Crippen molar-refractivity contribution in [3.8, 4) is 5.75 Å². The molecule has 0 spiro atoms. The van der Waals surface area contributed by atoms with Crippen LogP contribution in [0.1, 0.15) is 12.0 Å². The number of hydrogen-bond donors (Lipinski definition) is 1. The molecule has 94 valence electrons. The van der Waals surface area contributed by atoms with Crippen LogP contribution in [0, 0.1) is 0 Å². The highest BCUT2D eigenvalue weighted by Gasteiger charge is 2.16. The van der Waals surface area contributed by atoms with Crippen molar-refractivity contribution in [2.24, 2.45) is 0 Å². The third kappa shape index (κ3) is 2.71. The lowest BCUT2D eigenvalue weighted by Crippen LogP contribution is -2.19. The zero-order valence-corrected chi connectivity index (χ0v) is 10.2. The summed E-state index contributed by atoms with van der Waals surface area (Å²) in [6.07, 6.45) is 5.12. The monoisotopic (exact) mass is 243 g/mol. The average molecular weight is 243 g/mol. The first-order valence-electron chi connectivity index (χ1n) is 6.34. The first-order valence-corrected chi connectivity index (χ1v) is 6.34. The molecule has 2 aromatic rings. The molecule has 1 aliphatic rings. The van der Waals surface area contributed by atoms with Crippen molar-refractivity contribution in [1.29, 1.82) is 0 Å². The molecular formula is C14H17N3O. The van der Waals surface area contributed by atoms with Crippen LogP contribution < -0.4 is 10.1 Å². The lowest BCUT2D eigenvalue weighted by atomic mass is 10.2. The van der Waals surface area contributed by atoms with Gasteiger partial charge in [-0.25, -0.2) is 0 Å². The molecule has 1 aromatic heterocycles. The van der Waals surface area contributed by atoms with Gasteiger partial charge in [0.2, 0.25) is 0 Å². The molecule has 1 atom stereocenters. The third-order valence-electron chi connectivity index (χ3n) is 3.11. The molecule has 3 rings (SSSR count). The zero-order valence-electron chi connectivity index (χ0n) is 10.2. The number of hydrogen-bond acceptors (Lipinski definition) is 3. The summed E-state index contributed by atoms with van der Waals surface area (Å²) < 4.78 is 7.76. The van der Waals surface area contributed by atoms with Crippen molar-refractivity contribution in [1.82, 2.24) is 15.1 Å². The van der Waals surface area contributed by atoms with Crippen molar-refractivity contribution in [2.75, 3.05) is 13.1 Å². The fraction of sp³-hybridized carbons (Fsp3) is 0.357. The van der Waals surface area contributed by atoms with E-state index in [4.69, 9.17) is 4.74 Å². The van der Waals surface area contributed by atoms with Crippen molar-refractivity contribution < 1.29 is 4.74 Å². The van der Waals surface area contributed by atoms with Gasteiger partial charge in [-0.15, -0.1) is 0 Å². The van der Waals surface area contributed by atoms with Gasteiger partial charge >= 0.3 is 0 Å². The second kappa shape index (κ2) is 5.23. The fourth-order valence-electron chi connectivity index (χ4n) is 2.18. The Morgan fingerprint density at radius 1 is 1.33 bits per heavy atom. The second-order valence-electron chi connectivity index (χ2n) is 4.59. The smallest absolute Gasteiger partial charge is 0.157 e. The highest BCUT2D eigenvalue weighted by molar-refractivity contribution is 5.17. The summed E-state index contributed by atoms with van der Waals surface area (Å²) in [5.41, 5.74) is 1.25. The summed E-state index contributed by atoms with van der Waals surface area (Å²) in [6, 6.07) is 10.3. The van der Waals surface area contributed by atoms with Crippen LogP contribution >= 0.6 is 0 Å². The SMILES string of the molecule is c1ccc(Cn2cc(OC3CCNC3)cn2)cc1. The van der Waals surface area contributed by atoms with E-state index in [1.165, 1.54) is 5.56 Å². The van der Waals surface area contributed by atoms with Gasteiger partial charge in [-0.3, -0.25) is 4.68 Å². The maximum absolute atomic E-state index is 5.85. The number of nitrogens with zero attached hydrogens (tertiary/aromatic N) is 2. The van der Waals surface area contributed by atoms with Gasteiger partial charge in [0.05, 0.1) is 18.9 Å². The highest BCUT2D eigenvalue weighted by atomic mass is 16.5. The lowest BCUT2D eigenvalue weighted by Gasteiger charge is -2.09. The van der Waals surface area contributed by atoms with E-state index in [1.54, 1.807) is 6.20 Å². The number of rotatable bonds is 4. The van der Waals surface area contributed by atoms with Gasteiger partial charge in [0.15, 0.2) is 5.75 Å². The van der Waals surface area contributed by atoms with Gasteiger partial charge in [-0.05, 0) is 18.5 Å². The van der Waals surface area contributed by atoms with Crippen LogP contribution in [0.3, 0.4) is 0 Å². The van der Waals surface area contributed by atoms with Crippen molar-refractivity contribution in [3.63, 3.8) is 0 Å². The summed E-state index contributed by atoms with van der Waals surface area (Å²) in [5.74, 6) is 0.861. The summed E-state index contributed by atoms with van der Waals surface area (Å²) in [5, 5.41) is 7.61. The number of ether oxygens (including phenoxy) is 1. The molecular weight excluding hydrogens is 226 g/mol. The fourth-order valence-corrected chi connectivity index (χ4v) is 2.18. The Morgan fingerprint density at radius 3 is 3.00 bits per heavy atom.